The van der Waals surface area contributed by atoms with E-state index in [-0.39, 0.29) is 12.8 Å². The summed E-state index contributed by atoms with van der Waals surface area (Å²) in [6.45, 7) is 0. The van der Waals surface area contributed by atoms with Crippen LogP contribution in [0.25, 0.3) is 21.5 Å². The number of fused-ring (bicyclic) bond motifs is 2. The maximum absolute atomic E-state index is 12.7. The number of halogens is 3. The highest BCUT2D eigenvalue weighted by Crippen LogP contribution is 2.30. The average molecular weight is 451 g/mol. The van der Waals surface area contributed by atoms with Gasteiger partial charge in [-0.05, 0) is 50.9 Å². The van der Waals surface area contributed by atoms with Crippen LogP contribution in [0.15, 0.2) is 78.9 Å². The second-order valence-electron chi connectivity index (χ2n) is 7.83. The summed E-state index contributed by atoms with van der Waals surface area (Å²) < 4.78 is 38.2. The Hall–Kier alpha value is -3.87. The fourth-order valence-electron chi connectivity index (χ4n) is 3.97. The molecule has 2 N–H and O–H groups in total. The van der Waals surface area contributed by atoms with Crippen LogP contribution in [0.4, 0.5) is 13.2 Å². The van der Waals surface area contributed by atoms with Crippen molar-refractivity contribution in [1.29, 1.82) is 0 Å². The third-order valence-electron chi connectivity index (χ3n) is 5.57. The minimum atomic E-state index is -4.46. The Morgan fingerprint density at radius 3 is 1.91 bits per heavy atom. The zero-order chi connectivity index (χ0) is 23.6. The van der Waals surface area contributed by atoms with Gasteiger partial charge < -0.3 is 10.4 Å². The van der Waals surface area contributed by atoms with Gasteiger partial charge in [-0.25, -0.2) is 4.79 Å². The van der Waals surface area contributed by atoms with Crippen molar-refractivity contribution in [2.45, 2.75) is 25.1 Å². The van der Waals surface area contributed by atoms with Crippen LogP contribution < -0.4 is 5.32 Å². The summed E-state index contributed by atoms with van der Waals surface area (Å²) in [5.74, 6) is -1.76. The summed E-state index contributed by atoms with van der Waals surface area (Å²) >= 11 is 0. The predicted octanol–water partition coefficient (Wildman–Crippen LogP) is 5.37. The Morgan fingerprint density at radius 1 is 0.848 bits per heavy atom. The van der Waals surface area contributed by atoms with Gasteiger partial charge in [-0.3, -0.25) is 4.79 Å². The number of carbonyl (C=O) groups is 2. The number of carbonyl (C=O) groups excluding carboxylic acids is 1. The number of hydrogen-bond donors (Lipinski definition) is 2. The first-order valence-corrected chi connectivity index (χ1v) is 10.3. The van der Waals surface area contributed by atoms with Gasteiger partial charge in [-0.15, -0.1) is 0 Å². The van der Waals surface area contributed by atoms with Crippen molar-refractivity contribution in [1.82, 2.24) is 5.32 Å². The van der Waals surface area contributed by atoms with Crippen molar-refractivity contribution in [3.63, 3.8) is 0 Å². The Morgan fingerprint density at radius 2 is 1.39 bits per heavy atom. The quantitative estimate of drug-likeness (QED) is 0.388. The number of benzene rings is 4. The Labute approximate surface area is 187 Å². The highest BCUT2D eigenvalue weighted by atomic mass is 19.4. The summed E-state index contributed by atoms with van der Waals surface area (Å²) in [6.07, 6.45) is -4.62. The van der Waals surface area contributed by atoms with E-state index in [4.69, 9.17) is 0 Å². The van der Waals surface area contributed by atoms with E-state index < -0.39 is 29.7 Å². The summed E-state index contributed by atoms with van der Waals surface area (Å²) in [6, 6.07) is 20.4. The molecule has 7 heteroatoms. The Bertz CT molecular complexity index is 1280. The van der Waals surface area contributed by atoms with Gasteiger partial charge in [0, 0.05) is 6.42 Å². The molecule has 33 heavy (non-hydrogen) atoms. The number of nitrogens with one attached hydrogen (secondary N) is 1. The summed E-state index contributed by atoms with van der Waals surface area (Å²) in [4.78, 5) is 24.5. The first kappa shape index (κ1) is 22.3. The lowest BCUT2D eigenvalue weighted by Crippen LogP contribution is -2.43. The lowest BCUT2D eigenvalue weighted by atomic mass is 9.92. The van der Waals surface area contributed by atoms with Gasteiger partial charge in [0.1, 0.15) is 6.04 Å². The van der Waals surface area contributed by atoms with Crippen LogP contribution in [0, 0.1) is 0 Å². The van der Waals surface area contributed by atoms with Crippen LogP contribution >= 0.6 is 0 Å². The largest absolute Gasteiger partial charge is 0.480 e. The van der Waals surface area contributed by atoms with Crippen LogP contribution in [0.1, 0.15) is 16.7 Å². The van der Waals surface area contributed by atoms with Gasteiger partial charge in [-0.2, -0.15) is 13.2 Å². The van der Waals surface area contributed by atoms with Crippen LogP contribution in [-0.4, -0.2) is 23.0 Å². The molecule has 0 unspecified atom stereocenters. The minimum absolute atomic E-state index is 0.0654. The standard InChI is InChI=1S/C26H20F3NO3/c27-26(28,29)19-11-9-16(10-12-19)13-24(31)30-23(25(32)33)15-22-20-7-3-1-5-17(20)14-18-6-2-4-8-21(18)22/h1-12,14,23H,13,15H2,(H,30,31)(H,32,33)/t23-/m1/s1. The van der Waals surface area contributed by atoms with Crippen LogP contribution in [0.3, 0.4) is 0 Å². The van der Waals surface area contributed by atoms with Crippen LogP contribution in [-0.2, 0) is 28.6 Å². The van der Waals surface area contributed by atoms with E-state index in [1.54, 1.807) is 0 Å². The van der Waals surface area contributed by atoms with Gasteiger partial charge in [0.25, 0.3) is 0 Å². The SMILES string of the molecule is O=C(Cc1ccc(C(F)(F)F)cc1)N[C@H](Cc1c2ccccc2cc2ccccc12)C(=O)O. The van der Waals surface area contributed by atoms with Gasteiger partial charge in [0.15, 0.2) is 0 Å². The molecule has 0 heterocycles. The Balaban J connectivity index is 1.58. The second kappa shape index (κ2) is 8.94. The summed E-state index contributed by atoms with van der Waals surface area (Å²) in [5.41, 5.74) is 0.365. The Kier molecular flexibility index (Phi) is 6.05. The highest BCUT2D eigenvalue weighted by molar-refractivity contribution is 6.02. The second-order valence-corrected chi connectivity index (χ2v) is 7.83. The lowest BCUT2D eigenvalue weighted by molar-refractivity contribution is -0.141. The van der Waals surface area contributed by atoms with E-state index in [1.807, 2.05) is 54.6 Å². The van der Waals surface area contributed by atoms with Crippen molar-refractivity contribution in [3.05, 3.63) is 95.6 Å². The summed E-state index contributed by atoms with van der Waals surface area (Å²) in [7, 11) is 0. The molecule has 4 aromatic carbocycles. The minimum Gasteiger partial charge on any atom is -0.480 e. The molecule has 0 aromatic heterocycles. The molecule has 0 radical (unpaired) electrons. The van der Waals surface area contributed by atoms with Crippen molar-refractivity contribution in [2.75, 3.05) is 0 Å². The number of aliphatic carboxylic acids is 1. The third kappa shape index (κ3) is 4.98. The molecule has 4 nitrogen and oxygen atoms in total. The molecular weight excluding hydrogens is 431 g/mol. The predicted molar refractivity (Wildman–Crippen MR) is 120 cm³/mol. The van der Waals surface area contributed by atoms with E-state index >= 15 is 0 Å². The first-order chi connectivity index (χ1) is 15.7. The number of carboxylic acid groups (broad SMARTS) is 1. The van der Waals surface area contributed by atoms with Crippen LogP contribution in [0.2, 0.25) is 0 Å². The fourth-order valence-corrected chi connectivity index (χ4v) is 3.97. The monoisotopic (exact) mass is 451 g/mol. The first-order valence-electron chi connectivity index (χ1n) is 10.3. The smallest absolute Gasteiger partial charge is 0.416 e. The molecule has 4 aromatic rings. The highest BCUT2D eigenvalue weighted by Gasteiger charge is 2.30. The maximum atomic E-state index is 12.7. The molecular formula is C26H20F3NO3. The molecule has 0 spiro atoms. The molecule has 0 aliphatic carbocycles. The van der Waals surface area contributed by atoms with E-state index in [9.17, 15) is 27.9 Å². The molecule has 1 atom stereocenters. The molecule has 0 aliphatic heterocycles. The van der Waals surface area contributed by atoms with Gasteiger partial charge in [0.05, 0.1) is 12.0 Å². The van der Waals surface area contributed by atoms with Gasteiger partial charge in [-0.1, -0.05) is 60.7 Å². The summed E-state index contributed by atoms with van der Waals surface area (Å²) in [5, 5.41) is 16.0. The van der Waals surface area contributed by atoms with E-state index in [1.165, 1.54) is 12.1 Å². The molecule has 0 fully saturated rings. The van der Waals surface area contributed by atoms with Crippen molar-refractivity contribution in [2.24, 2.45) is 0 Å². The van der Waals surface area contributed by atoms with Crippen molar-refractivity contribution >= 4 is 33.4 Å². The van der Waals surface area contributed by atoms with Gasteiger partial charge >= 0.3 is 12.1 Å². The van der Waals surface area contributed by atoms with E-state index in [2.05, 4.69) is 5.32 Å². The molecule has 0 saturated carbocycles. The number of hydrogen-bond acceptors (Lipinski definition) is 2. The number of alkyl halides is 3. The number of amides is 1. The third-order valence-corrected chi connectivity index (χ3v) is 5.57. The molecule has 0 saturated heterocycles. The van der Waals surface area contributed by atoms with Crippen molar-refractivity contribution in [3.8, 4) is 0 Å². The lowest BCUT2D eigenvalue weighted by Gasteiger charge is -2.18. The molecule has 4 rings (SSSR count). The van der Waals surface area contributed by atoms with E-state index in [0.717, 1.165) is 39.2 Å². The molecule has 0 aliphatic rings. The van der Waals surface area contributed by atoms with Gasteiger partial charge in [0.2, 0.25) is 5.91 Å². The molecule has 0 bridgehead atoms. The maximum Gasteiger partial charge on any atom is 0.416 e. The molecule has 168 valence electrons. The average Bonchev–Trinajstić information content (AvgIpc) is 2.78. The zero-order valence-electron chi connectivity index (χ0n) is 17.4. The topological polar surface area (TPSA) is 66.4 Å². The molecule has 1 amide bonds. The number of carboxylic acids is 1. The van der Waals surface area contributed by atoms with Crippen molar-refractivity contribution < 1.29 is 27.9 Å². The normalized spacial score (nSPS) is 12.6. The number of rotatable bonds is 6. The van der Waals surface area contributed by atoms with Crippen LogP contribution in [0.5, 0.6) is 0 Å². The zero-order valence-corrected chi connectivity index (χ0v) is 17.4. The fraction of sp³-hybridized carbons (Fsp3) is 0.154. The van der Waals surface area contributed by atoms with E-state index in [0.29, 0.717) is 5.56 Å².